The molecule has 3 N–H and O–H groups in total. The van der Waals surface area contributed by atoms with Gasteiger partial charge in [-0.3, -0.25) is 0 Å². The molecule has 0 aliphatic carbocycles. The van der Waals surface area contributed by atoms with Gasteiger partial charge in [-0.25, -0.2) is 0 Å². The van der Waals surface area contributed by atoms with Gasteiger partial charge in [0.15, 0.2) is 0 Å². The van der Waals surface area contributed by atoms with Crippen molar-refractivity contribution in [2.24, 2.45) is 0 Å². The van der Waals surface area contributed by atoms with Crippen molar-refractivity contribution in [1.29, 1.82) is 0 Å². The standard InChI is InChI=1S/C4H9O5P/c1-3(5)10(7,8,9)4(2)6/h7-9H,1-2H3. The molecule has 0 saturated carbocycles. The molecule has 0 rings (SSSR count). The summed E-state index contributed by atoms with van der Waals surface area (Å²) in [5, 5.41) is 0. The van der Waals surface area contributed by atoms with Crippen LogP contribution < -0.4 is 0 Å². The van der Waals surface area contributed by atoms with E-state index in [9.17, 15) is 9.59 Å². The number of hydrogen-bond donors (Lipinski definition) is 3. The first-order valence-corrected chi connectivity index (χ1v) is 4.55. The van der Waals surface area contributed by atoms with E-state index < -0.39 is 18.3 Å². The van der Waals surface area contributed by atoms with Crippen molar-refractivity contribution in [1.82, 2.24) is 0 Å². The van der Waals surface area contributed by atoms with E-state index in [-0.39, 0.29) is 0 Å². The summed E-state index contributed by atoms with van der Waals surface area (Å²) in [5.74, 6) is 0. The molecule has 0 aromatic heterocycles. The van der Waals surface area contributed by atoms with Gasteiger partial charge in [0.1, 0.15) is 0 Å². The van der Waals surface area contributed by atoms with Crippen LogP contribution in [0.1, 0.15) is 13.8 Å². The zero-order chi connectivity index (χ0) is 8.60. The molecular weight excluding hydrogens is 159 g/mol. The summed E-state index contributed by atoms with van der Waals surface area (Å²) in [7, 11) is -5.60. The average molecular weight is 168 g/mol. The monoisotopic (exact) mass is 168 g/mol. The Hall–Kier alpha value is -0.350. The Kier molecular flexibility index (Phi) is 1.99. The summed E-state index contributed by atoms with van der Waals surface area (Å²) in [6.07, 6.45) is 0. The molecule has 6 heteroatoms. The van der Waals surface area contributed by atoms with Crippen LogP contribution >= 0.6 is 7.28 Å². The van der Waals surface area contributed by atoms with Gasteiger partial charge in [0.2, 0.25) is 0 Å². The predicted octanol–water partition coefficient (Wildman–Crippen LogP) is -0.645. The van der Waals surface area contributed by atoms with Crippen molar-refractivity contribution in [2.75, 3.05) is 0 Å². The van der Waals surface area contributed by atoms with Crippen molar-refractivity contribution < 1.29 is 24.3 Å². The molecule has 0 aliphatic heterocycles. The number of rotatable bonds is 2. The molecular formula is C4H9O5P. The molecule has 0 bridgehead atoms. The molecule has 0 aromatic rings. The summed E-state index contributed by atoms with van der Waals surface area (Å²) in [5.41, 5.74) is -2.59. The second-order valence-electron chi connectivity index (χ2n) is 2.02. The van der Waals surface area contributed by atoms with Gasteiger partial charge in [-0.05, 0) is 0 Å². The minimum absolute atomic E-state index is 0.749. The molecule has 0 aliphatic rings. The summed E-state index contributed by atoms with van der Waals surface area (Å²) in [6.45, 7) is 1.50. The summed E-state index contributed by atoms with van der Waals surface area (Å²) >= 11 is 0. The Bertz CT molecular complexity index is 170. The van der Waals surface area contributed by atoms with E-state index in [1.165, 1.54) is 0 Å². The van der Waals surface area contributed by atoms with Crippen LogP contribution in [0.4, 0.5) is 0 Å². The number of hydrogen-bond acceptors (Lipinski definition) is 5. The van der Waals surface area contributed by atoms with E-state index in [2.05, 4.69) is 0 Å². The third-order valence-electron chi connectivity index (χ3n) is 1.16. The molecule has 0 amide bonds. The van der Waals surface area contributed by atoms with E-state index in [1.54, 1.807) is 0 Å². The van der Waals surface area contributed by atoms with Crippen LogP contribution in [0.25, 0.3) is 0 Å². The third-order valence-corrected chi connectivity index (χ3v) is 3.48. The molecule has 0 fully saturated rings. The third kappa shape index (κ3) is 1.38. The molecule has 0 atom stereocenters. The van der Waals surface area contributed by atoms with Gasteiger partial charge in [0, 0.05) is 0 Å². The maximum atomic E-state index is 10.3. The molecule has 0 heterocycles. The van der Waals surface area contributed by atoms with Crippen LogP contribution in [0, 0.1) is 0 Å². The van der Waals surface area contributed by atoms with E-state index in [0.29, 0.717) is 0 Å². The van der Waals surface area contributed by atoms with Crippen LogP contribution in [0.3, 0.4) is 0 Å². The van der Waals surface area contributed by atoms with E-state index in [0.717, 1.165) is 13.8 Å². The molecule has 0 spiro atoms. The van der Waals surface area contributed by atoms with Crippen molar-refractivity contribution >= 4 is 18.3 Å². The first-order valence-electron chi connectivity index (χ1n) is 2.46. The van der Waals surface area contributed by atoms with Gasteiger partial charge in [0.05, 0.1) is 0 Å². The average Bonchev–Trinajstić information content (AvgIpc) is 1.63. The van der Waals surface area contributed by atoms with Gasteiger partial charge < -0.3 is 0 Å². The Balaban J connectivity index is 4.97. The molecule has 0 unspecified atom stereocenters. The van der Waals surface area contributed by atoms with Gasteiger partial charge in [-0.15, -0.1) is 0 Å². The van der Waals surface area contributed by atoms with E-state index in [4.69, 9.17) is 14.7 Å². The second kappa shape index (κ2) is 2.07. The molecule has 5 nitrogen and oxygen atoms in total. The summed E-state index contributed by atoms with van der Waals surface area (Å²) in [6, 6.07) is 0. The molecule has 10 heavy (non-hydrogen) atoms. The Labute approximate surface area is 57.5 Å². The fourth-order valence-electron chi connectivity index (χ4n) is 0.222. The second-order valence-corrected chi connectivity index (χ2v) is 5.24. The van der Waals surface area contributed by atoms with Crippen LogP contribution in [-0.4, -0.2) is 25.7 Å². The SMILES string of the molecule is CC(=O)P(O)(O)(O)C(C)=O. The van der Waals surface area contributed by atoms with Crippen molar-refractivity contribution in [2.45, 2.75) is 13.8 Å². The molecule has 0 aromatic carbocycles. The first kappa shape index (κ1) is 9.65. The van der Waals surface area contributed by atoms with Crippen molar-refractivity contribution in [3.05, 3.63) is 0 Å². The number of carbonyl (C=O) groups excluding carboxylic acids is 2. The van der Waals surface area contributed by atoms with Crippen LogP contribution in [0.5, 0.6) is 0 Å². The van der Waals surface area contributed by atoms with Gasteiger partial charge >= 0.3 is 56.4 Å². The summed E-state index contributed by atoms with van der Waals surface area (Å²) in [4.78, 5) is 46.7. The van der Waals surface area contributed by atoms with Crippen LogP contribution in [0.15, 0.2) is 0 Å². The predicted molar refractivity (Wildman–Crippen MR) is 34.9 cm³/mol. The van der Waals surface area contributed by atoms with Crippen molar-refractivity contribution in [3.8, 4) is 0 Å². The topological polar surface area (TPSA) is 94.8 Å². The quantitative estimate of drug-likeness (QED) is 0.476. The van der Waals surface area contributed by atoms with Gasteiger partial charge in [-0.2, -0.15) is 0 Å². The van der Waals surface area contributed by atoms with Crippen LogP contribution in [0.2, 0.25) is 0 Å². The molecule has 0 saturated heterocycles. The molecule has 0 radical (unpaired) electrons. The summed E-state index contributed by atoms with van der Waals surface area (Å²) < 4.78 is 0. The fraction of sp³-hybridized carbons (Fsp3) is 0.500. The van der Waals surface area contributed by atoms with E-state index >= 15 is 0 Å². The van der Waals surface area contributed by atoms with Gasteiger partial charge in [0.25, 0.3) is 0 Å². The first-order chi connectivity index (χ1) is 4.17. The van der Waals surface area contributed by atoms with Gasteiger partial charge in [-0.1, -0.05) is 0 Å². The zero-order valence-electron chi connectivity index (χ0n) is 5.61. The Morgan fingerprint density at radius 3 is 1.20 bits per heavy atom. The minimum atomic E-state index is -5.60. The van der Waals surface area contributed by atoms with Crippen molar-refractivity contribution in [3.63, 3.8) is 0 Å². The maximum absolute atomic E-state index is 10.3. The Morgan fingerprint density at radius 1 is 1.00 bits per heavy atom. The normalized spacial score (nSPS) is 15.5. The zero-order valence-corrected chi connectivity index (χ0v) is 6.50. The molecule has 60 valence electrons. The Morgan fingerprint density at radius 2 is 1.20 bits per heavy atom. The number of carbonyl (C=O) groups is 2. The fourth-order valence-corrected chi connectivity index (χ4v) is 0.665. The van der Waals surface area contributed by atoms with Crippen LogP contribution in [-0.2, 0) is 9.59 Å². The van der Waals surface area contributed by atoms with E-state index in [1.807, 2.05) is 0 Å².